The molecule has 134 valence electrons. The molecule has 1 heterocycles. The Labute approximate surface area is 151 Å². The number of pyridine rings is 1. The summed E-state index contributed by atoms with van der Waals surface area (Å²) in [4.78, 5) is 0. The maximum atomic E-state index is 2.49. The first kappa shape index (κ1) is 22.4. The highest BCUT2D eigenvalue weighted by Gasteiger charge is 2.08. The minimum Gasteiger partial charge on any atom is -1.00 e. The molecule has 0 atom stereocenters. The lowest BCUT2D eigenvalue weighted by Gasteiger charge is -2.05. The summed E-state index contributed by atoms with van der Waals surface area (Å²) < 4.78 is 2.49. The molecule has 0 amide bonds. The largest absolute Gasteiger partial charge is 1.00 e. The van der Waals surface area contributed by atoms with Gasteiger partial charge in [-0.2, -0.15) is 0 Å². The van der Waals surface area contributed by atoms with Crippen LogP contribution in [-0.2, 0) is 13.0 Å². The highest BCUT2D eigenvalue weighted by molar-refractivity contribution is 4.97. The van der Waals surface area contributed by atoms with Gasteiger partial charge in [0.15, 0.2) is 11.9 Å². The van der Waals surface area contributed by atoms with Crippen LogP contribution in [0.4, 0.5) is 0 Å². The van der Waals surface area contributed by atoms with Gasteiger partial charge in [0, 0.05) is 25.0 Å². The molecule has 0 aliphatic heterocycles. The third kappa shape index (κ3) is 11.6. The maximum absolute atomic E-state index is 2.49. The lowest BCUT2D eigenvalue weighted by molar-refractivity contribution is -0.704. The fraction of sp³-hybridized carbons (Fsp3) is 0.762. The molecule has 0 unspecified atom stereocenters. The number of hydrogen-bond donors (Lipinski definition) is 0. The fourth-order valence-electron chi connectivity index (χ4n) is 3.11. The van der Waals surface area contributed by atoms with E-state index in [2.05, 4.69) is 42.8 Å². The van der Waals surface area contributed by atoms with Crippen LogP contribution < -0.4 is 17.0 Å². The van der Waals surface area contributed by atoms with Gasteiger partial charge >= 0.3 is 0 Å². The zero-order valence-corrected chi connectivity index (χ0v) is 16.3. The van der Waals surface area contributed by atoms with Crippen molar-refractivity contribution in [1.82, 2.24) is 0 Å². The van der Waals surface area contributed by atoms with Gasteiger partial charge in [-0.25, -0.2) is 4.57 Å². The zero-order chi connectivity index (χ0) is 15.9. The van der Waals surface area contributed by atoms with Crippen molar-refractivity contribution in [3.8, 4) is 0 Å². The van der Waals surface area contributed by atoms with E-state index >= 15 is 0 Å². The second-order valence-corrected chi connectivity index (χ2v) is 6.67. The Morgan fingerprint density at radius 2 is 1.26 bits per heavy atom. The Morgan fingerprint density at radius 3 is 1.91 bits per heavy atom. The molecule has 1 aromatic heterocycles. The monoisotopic (exact) mass is 339 g/mol. The number of rotatable bonds is 14. The molecule has 1 nitrogen and oxygen atoms in total. The second kappa shape index (κ2) is 16.3. The van der Waals surface area contributed by atoms with E-state index in [-0.39, 0.29) is 12.4 Å². The summed E-state index contributed by atoms with van der Waals surface area (Å²) in [5, 5.41) is 0. The van der Waals surface area contributed by atoms with Crippen LogP contribution >= 0.6 is 0 Å². The predicted octanol–water partition coefficient (Wildman–Crippen LogP) is 3.24. The molecule has 0 fully saturated rings. The Morgan fingerprint density at radius 1 is 0.696 bits per heavy atom. The van der Waals surface area contributed by atoms with Crippen molar-refractivity contribution in [2.24, 2.45) is 0 Å². The molecule has 0 spiro atoms. The van der Waals surface area contributed by atoms with Crippen LogP contribution in [0.3, 0.4) is 0 Å². The quantitative estimate of drug-likeness (QED) is 0.362. The molecule has 23 heavy (non-hydrogen) atoms. The Bertz CT molecular complexity index is 330. The summed E-state index contributed by atoms with van der Waals surface area (Å²) in [5.41, 5.74) is 1.53. The van der Waals surface area contributed by atoms with Crippen LogP contribution in [0, 0.1) is 0 Å². The first-order chi connectivity index (χ1) is 10.9. The van der Waals surface area contributed by atoms with Crippen LogP contribution in [0.5, 0.6) is 0 Å². The summed E-state index contributed by atoms with van der Waals surface area (Å²) in [6, 6.07) is 6.70. The van der Waals surface area contributed by atoms with E-state index in [0.717, 1.165) is 0 Å². The van der Waals surface area contributed by atoms with Gasteiger partial charge in [0.1, 0.15) is 6.54 Å². The van der Waals surface area contributed by atoms with Crippen molar-refractivity contribution in [3.63, 3.8) is 0 Å². The van der Waals surface area contributed by atoms with Gasteiger partial charge < -0.3 is 12.4 Å². The summed E-state index contributed by atoms with van der Waals surface area (Å²) in [6.45, 7) is 5.78. The van der Waals surface area contributed by atoms with Crippen molar-refractivity contribution in [3.05, 3.63) is 30.1 Å². The highest BCUT2D eigenvalue weighted by Crippen LogP contribution is 2.09. The van der Waals surface area contributed by atoms with Crippen LogP contribution in [0.1, 0.15) is 96.6 Å². The van der Waals surface area contributed by atoms with Crippen molar-refractivity contribution >= 4 is 0 Å². The van der Waals surface area contributed by atoms with E-state index in [1.807, 2.05) is 0 Å². The van der Waals surface area contributed by atoms with E-state index in [0.29, 0.717) is 0 Å². The first-order valence-corrected chi connectivity index (χ1v) is 9.85. The number of halogens is 1. The van der Waals surface area contributed by atoms with Gasteiger partial charge in [0.05, 0.1) is 0 Å². The van der Waals surface area contributed by atoms with Gasteiger partial charge in [-0.15, -0.1) is 0 Å². The van der Waals surface area contributed by atoms with E-state index in [1.54, 1.807) is 0 Å². The van der Waals surface area contributed by atoms with Crippen LogP contribution in [-0.4, -0.2) is 0 Å². The predicted molar refractivity (Wildman–Crippen MR) is 97.1 cm³/mol. The topological polar surface area (TPSA) is 3.88 Å². The van der Waals surface area contributed by atoms with Crippen LogP contribution in [0.2, 0.25) is 0 Å². The molecule has 0 radical (unpaired) electrons. The average molecular weight is 340 g/mol. The molecule has 0 saturated carbocycles. The molecule has 0 saturated heterocycles. The zero-order valence-electron chi connectivity index (χ0n) is 15.5. The van der Waals surface area contributed by atoms with E-state index < -0.39 is 0 Å². The van der Waals surface area contributed by atoms with Crippen molar-refractivity contribution in [1.29, 1.82) is 0 Å². The minimum absolute atomic E-state index is 0. The molecule has 2 heteroatoms. The smallest absolute Gasteiger partial charge is 0.181 e. The van der Waals surface area contributed by atoms with E-state index in [9.17, 15) is 0 Å². The second-order valence-electron chi connectivity index (χ2n) is 6.67. The fourth-order valence-corrected chi connectivity index (χ4v) is 3.11. The molecule has 0 aromatic carbocycles. The third-order valence-corrected chi connectivity index (χ3v) is 4.57. The lowest BCUT2D eigenvalue weighted by Crippen LogP contribution is -3.00. The number of aromatic nitrogens is 1. The Balaban J connectivity index is 0.00000484. The number of aryl methyl sites for hydroxylation is 2. The first-order valence-electron chi connectivity index (χ1n) is 9.85. The molecule has 1 rings (SSSR count). The molecule has 0 aliphatic carbocycles. The summed E-state index contributed by atoms with van der Waals surface area (Å²) in [6.07, 6.45) is 20.2. The van der Waals surface area contributed by atoms with Crippen molar-refractivity contribution < 1.29 is 17.0 Å². The minimum atomic E-state index is 0. The molecule has 1 aromatic rings. The Hall–Kier alpha value is -0.560. The lowest BCUT2D eigenvalue weighted by atomic mass is 10.1. The van der Waals surface area contributed by atoms with Gasteiger partial charge in [-0.05, 0) is 12.8 Å². The molecular formula is C21H38ClN. The standard InChI is InChI=1S/C21H38N.ClH/c1-3-5-7-9-11-13-17-21-18-14-16-20-22(21)19-15-12-10-8-6-4-2;/h14,16,18,20H,3-13,15,17,19H2,1-2H3;1H/q+1;/p-1. The number of nitrogens with zero attached hydrogens (tertiary/aromatic N) is 1. The number of hydrogen-bond acceptors (Lipinski definition) is 0. The Kier molecular flexibility index (Phi) is 15.9. The van der Waals surface area contributed by atoms with E-state index in [4.69, 9.17) is 0 Å². The molecular weight excluding hydrogens is 302 g/mol. The average Bonchev–Trinajstić information content (AvgIpc) is 2.55. The van der Waals surface area contributed by atoms with Gasteiger partial charge in [0.25, 0.3) is 0 Å². The van der Waals surface area contributed by atoms with Gasteiger partial charge in [-0.3, -0.25) is 0 Å². The SMILES string of the molecule is CCCCCCCCc1cccc[n+]1CCCCCCCC.[Cl-]. The normalized spacial score (nSPS) is 10.5. The van der Waals surface area contributed by atoms with Gasteiger partial charge in [-0.1, -0.05) is 77.7 Å². The third-order valence-electron chi connectivity index (χ3n) is 4.57. The summed E-state index contributed by atoms with van der Waals surface area (Å²) in [5.74, 6) is 0. The number of unbranched alkanes of at least 4 members (excludes halogenated alkanes) is 10. The van der Waals surface area contributed by atoms with Crippen molar-refractivity contribution in [2.45, 2.75) is 104 Å². The summed E-state index contributed by atoms with van der Waals surface area (Å²) in [7, 11) is 0. The molecule has 0 N–H and O–H groups in total. The van der Waals surface area contributed by atoms with Crippen LogP contribution in [0.25, 0.3) is 0 Å². The summed E-state index contributed by atoms with van der Waals surface area (Å²) >= 11 is 0. The highest BCUT2D eigenvalue weighted by atomic mass is 35.5. The van der Waals surface area contributed by atoms with E-state index in [1.165, 1.54) is 95.7 Å². The van der Waals surface area contributed by atoms with Crippen LogP contribution in [0.15, 0.2) is 24.4 Å². The van der Waals surface area contributed by atoms with Gasteiger partial charge in [0.2, 0.25) is 0 Å². The maximum Gasteiger partial charge on any atom is 0.181 e. The molecule has 0 aliphatic rings. The molecule has 0 bridgehead atoms. The van der Waals surface area contributed by atoms with Crippen molar-refractivity contribution in [2.75, 3.05) is 0 Å².